The van der Waals surface area contributed by atoms with Gasteiger partial charge in [-0.05, 0) is 49.6 Å². The van der Waals surface area contributed by atoms with Crippen LogP contribution in [-0.2, 0) is 26.1 Å². The van der Waals surface area contributed by atoms with Gasteiger partial charge in [0.2, 0.25) is 15.9 Å². The molecule has 0 spiro atoms. The smallest absolute Gasteiger partial charge is 0.419 e. The second kappa shape index (κ2) is 9.43. The molecule has 2 aromatic carbocycles. The Hall–Kier alpha value is -3.44. The number of sulfonamides is 1. The number of oxazole rings is 1. The van der Waals surface area contributed by atoms with E-state index in [-0.39, 0.29) is 29.4 Å². The summed E-state index contributed by atoms with van der Waals surface area (Å²) in [6, 6.07) is 9.15. The number of carbonyl (C=O) groups is 2. The summed E-state index contributed by atoms with van der Waals surface area (Å²) in [6.07, 6.45) is 1.60. The number of anilines is 1. The van der Waals surface area contributed by atoms with Gasteiger partial charge in [-0.3, -0.25) is 9.36 Å². The van der Waals surface area contributed by atoms with Crippen LogP contribution in [0.5, 0.6) is 0 Å². The number of hydrogen-bond acceptors (Lipinski definition) is 7. The SMILES string of the molecule is COC(=O)c1ccc(C)c(NC(=O)CCn2c(=O)oc3cc(S(=O)(=O)N4CCCC4)ccc32)c1. The second-order valence-electron chi connectivity index (χ2n) is 8.08. The number of aryl methyl sites for hydroxylation is 2. The fraction of sp³-hybridized carbons (Fsp3) is 0.348. The molecule has 10 nitrogen and oxygen atoms in total. The number of methoxy groups -OCH3 is 1. The number of aromatic nitrogens is 1. The molecule has 0 bridgehead atoms. The lowest BCUT2D eigenvalue weighted by Gasteiger charge is -2.15. The highest BCUT2D eigenvalue weighted by atomic mass is 32.2. The number of carbonyl (C=O) groups excluding carboxylic acids is 2. The average molecular weight is 488 g/mol. The van der Waals surface area contributed by atoms with Crippen LogP contribution in [0.1, 0.15) is 35.2 Å². The molecule has 1 amide bonds. The maximum absolute atomic E-state index is 12.8. The zero-order chi connectivity index (χ0) is 24.5. The maximum atomic E-state index is 12.8. The van der Waals surface area contributed by atoms with Crippen molar-refractivity contribution < 1.29 is 27.2 Å². The van der Waals surface area contributed by atoms with E-state index in [1.54, 1.807) is 19.1 Å². The van der Waals surface area contributed by atoms with E-state index >= 15 is 0 Å². The summed E-state index contributed by atoms with van der Waals surface area (Å²) < 4.78 is 38.3. The number of nitrogens with one attached hydrogen (secondary N) is 1. The van der Waals surface area contributed by atoms with Crippen LogP contribution in [-0.4, -0.2) is 49.4 Å². The first-order chi connectivity index (χ1) is 16.2. The van der Waals surface area contributed by atoms with E-state index in [1.165, 1.54) is 40.2 Å². The molecule has 1 aliphatic rings. The average Bonchev–Trinajstić information content (AvgIpc) is 3.46. The highest BCUT2D eigenvalue weighted by Crippen LogP contribution is 2.24. The Morgan fingerprint density at radius 1 is 1.12 bits per heavy atom. The van der Waals surface area contributed by atoms with E-state index in [9.17, 15) is 22.8 Å². The summed E-state index contributed by atoms with van der Waals surface area (Å²) in [7, 11) is -2.37. The zero-order valence-corrected chi connectivity index (χ0v) is 19.7. The quantitative estimate of drug-likeness (QED) is 0.507. The molecule has 1 saturated heterocycles. The first-order valence-electron chi connectivity index (χ1n) is 10.8. The van der Waals surface area contributed by atoms with E-state index in [0.29, 0.717) is 29.9 Å². The van der Waals surface area contributed by atoms with Crippen molar-refractivity contribution in [1.29, 1.82) is 0 Å². The second-order valence-corrected chi connectivity index (χ2v) is 10.0. The van der Waals surface area contributed by atoms with Gasteiger partial charge in [0.1, 0.15) is 0 Å². The van der Waals surface area contributed by atoms with Crippen LogP contribution in [0.4, 0.5) is 5.69 Å². The van der Waals surface area contributed by atoms with Crippen LogP contribution >= 0.6 is 0 Å². The fourth-order valence-electron chi connectivity index (χ4n) is 3.92. The molecule has 11 heteroatoms. The van der Waals surface area contributed by atoms with Gasteiger partial charge in [0.05, 0.1) is 23.1 Å². The van der Waals surface area contributed by atoms with Gasteiger partial charge in [-0.25, -0.2) is 18.0 Å². The van der Waals surface area contributed by atoms with Gasteiger partial charge in [-0.1, -0.05) is 6.07 Å². The Labute approximate surface area is 196 Å². The van der Waals surface area contributed by atoms with E-state index in [1.807, 2.05) is 0 Å². The summed E-state index contributed by atoms with van der Waals surface area (Å²) in [4.78, 5) is 36.7. The minimum Gasteiger partial charge on any atom is -0.465 e. The van der Waals surface area contributed by atoms with Gasteiger partial charge in [0, 0.05) is 37.8 Å². The van der Waals surface area contributed by atoms with Crippen molar-refractivity contribution >= 4 is 38.7 Å². The third-order valence-corrected chi connectivity index (χ3v) is 7.73. The molecule has 1 fully saturated rings. The molecular formula is C23H25N3O7S. The molecule has 34 heavy (non-hydrogen) atoms. The number of hydrogen-bond donors (Lipinski definition) is 1. The van der Waals surface area contributed by atoms with Crippen molar-refractivity contribution in [3.8, 4) is 0 Å². The molecular weight excluding hydrogens is 462 g/mol. The molecule has 0 aliphatic carbocycles. The number of fused-ring (bicyclic) bond motifs is 1. The normalized spacial score (nSPS) is 14.4. The van der Waals surface area contributed by atoms with Crippen molar-refractivity contribution in [2.45, 2.75) is 37.6 Å². The molecule has 3 aromatic rings. The third-order valence-electron chi connectivity index (χ3n) is 5.84. The Morgan fingerprint density at radius 2 is 1.85 bits per heavy atom. The fourth-order valence-corrected chi connectivity index (χ4v) is 5.46. The number of esters is 1. The molecule has 4 rings (SSSR count). The zero-order valence-electron chi connectivity index (χ0n) is 18.9. The van der Waals surface area contributed by atoms with Crippen LogP contribution in [0, 0.1) is 6.92 Å². The summed E-state index contributed by atoms with van der Waals surface area (Å²) in [5, 5.41) is 2.74. The highest BCUT2D eigenvalue weighted by molar-refractivity contribution is 7.89. The third kappa shape index (κ3) is 4.62. The van der Waals surface area contributed by atoms with E-state index in [2.05, 4.69) is 5.32 Å². The number of ether oxygens (including phenoxy) is 1. The molecule has 0 radical (unpaired) electrons. The van der Waals surface area contributed by atoms with Crippen molar-refractivity contribution in [2.24, 2.45) is 0 Å². The lowest BCUT2D eigenvalue weighted by molar-refractivity contribution is -0.116. The summed E-state index contributed by atoms with van der Waals surface area (Å²) in [5.74, 6) is -1.56. The van der Waals surface area contributed by atoms with Crippen LogP contribution in [0.25, 0.3) is 11.1 Å². The lowest BCUT2D eigenvalue weighted by atomic mass is 10.1. The predicted octanol–water partition coefficient (Wildman–Crippen LogP) is 2.50. The first-order valence-corrected chi connectivity index (χ1v) is 12.3. The first kappa shape index (κ1) is 23.7. The maximum Gasteiger partial charge on any atom is 0.419 e. The number of rotatable bonds is 7. The van der Waals surface area contributed by atoms with E-state index in [0.717, 1.165) is 18.4 Å². The molecule has 2 heterocycles. The Morgan fingerprint density at radius 3 is 2.56 bits per heavy atom. The van der Waals surface area contributed by atoms with Gasteiger partial charge in [0.15, 0.2) is 5.58 Å². The molecule has 1 aliphatic heterocycles. The summed E-state index contributed by atoms with van der Waals surface area (Å²) in [5.41, 5.74) is 2.09. The summed E-state index contributed by atoms with van der Waals surface area (Å²) in [6.45, 7) is 2.77. The minimum atomic E-state index is -3.64. The van der Waals surface area contributed by atoms with Gasteiger partial charge in [0.25, 0.3) is 0 Å². The topological polar surface area (TPSA) is 128 Å². The van der Waals surface area contributed by atoms with Gasteiger partial charge in [-0.15, -0.1) is 0 Å². The number of benzene rings is 2. The lowest BCUT2D eigenvalue weighted by Crippen LogP contribution is -2.27. The standard InChI is InChI=1S/C23H25N3O7S/c1-15-5-6-16(22(28)32-2)13-18(15)24-21(27)9-12-26-19-8-7-17(14-20(19)33-23(26)29)34(30,31)25-10-3-4-11-25/h5-8,13-14H,3-4,9-12H2,1-2H3,(H,24,27). The van der Waals surface area contributed by atoms with Crippen LogP contribution in [0.2, 0.25) is 0 Å². The van der Waals surface area contributed by atoms with Crippen molar-refractivity contribution in [3.63, 3.8) is 0 Å². The Balaban J connectivity index is 1.50. The van der Waals surface area contributed by atoms with E-state index in [4.69, 9.17) is 9.15 Å². The van der Waals surface area contributed by atoms with Crippen molar-refractivity contribution in [2.75, 3.05) is 25.5 Å². The minimum absolute atomic E-state index is 0.0334. The molecule has 0 saturated carbocycles. The van der Waals surface area contributed by atoms with Crippen LogP contribution < -0.4 is 11.1 Å². The van der Waals surface area contributed by atoms with Crippen molar-refractivity contribution in [3.05, 3.63) is 58.1 Å². The van der Waals surface area contributed by atoms with Crippen LogP contribution in [0.15, 0.2) is 50.5 Å². The molecule has 0 unspecified atom stereocenters. The molecule has 1 N–H and O–H groups in total. The van der Waals surface area contributed by atoms with Gasteiger partial charge < -0.3 is 14.5 Å². The molecule has 0 atom stereocenters. The predicted molar refractivity (Wildman–Crippen MR) is 124 cm³/mol. The number of nitrogens with zero attached hydrogens (tertiary/aromatic N) is 2. The van der Waals surface area contributed by atoms with Crippen molar-refractivity contribution in [1.82, 2.24) is 8.87 Å². The van der Waals surface area contributed by atoms with Gasteiger partial charge in [-0.2, -0.15) is 4.31 Å². The monoisotopic (exact) mass is 487 g/mol. The van der Waals surface area contributed by atoms with Gasteiger partial charge >= 0.3 is 11.7 Å². The Bertz CT molecular complexity index is 1420. The number of amides is 1. The largest absolute Gasteiger partial charge is 0.465 e. The highest BCUT2D eigenvalue weighted by Gasteiger charge is 2.28. The Kier molecular flexibility index (Phi) is 6.58. The molecule has 1 aromatic heterocycles. The summed E-state index contributed by atoms with van der Waals surface area (Å²) >= 11 is 0. The van der Waals surface area contributed by atoms with E-state index < -0.39 is 21.7 Å². The molecule has 180 valence electrons. The van der Waals surface area contributed by atoms with Crippen LogP contribution in [0.3, 0.4) is 0 Å².